The van der Waals surface area contributed by atoms with Gasteiger partial charge in [0.05, 0.1) is 15.8 Å². The maximum absolute atomic E-state index is 11.8. The van der Waals surface area contributed by atoms with Crippen LogP contribution in [0.1, 0.15) is 10.4 Å². The Hall–Kier alpha value is -1.99. The standard InChI is InChI=1S/C14H9BrN2O3S/c1-19-12-5-2-8(7-16-12)6-9-14(18)20-13(17-9)10-3-4-11(15)21-10/h2-7H,1H3/b9-6+. The molecule has 1 aliphatic heterocycles. The fourth-order valence-corrected chi connectivity index (χ4v) is 3.01. The Kier molecular flexibility index (Phi) is 3.85. The lowest BCUT2D eigenvalue weighted by Gasteiger charge is -1.97. The molecule has 0 aromatic carbocycles. The molecule has 0 N–H and O–H groups in total. The topological polar surface area (TPSA) is 60.8 Å². The summed E-state index contributed by atoms with van der Waals surface area (Å²) in [6.07, 6.45) is 3.23. The van der Waals surface area contributed by atoms with Crippen LogP contribution in [0.15, 0.2) is 44.9 Å². The van der Waals surface area contributed by atoms with E-state index in [1.807, 2.05) is 12.1 Å². The Morgan fingerprint density at radius 2 is 2.19 bits per heavy atom. The van der Waals surface area contributed by atoms with Crippen molar-refractivity contribution in [3.63, 3.8) is 0 Å². The Balaban J connectivity index is 1.88. The van der Waals surface area contributed by atoms with Gasteiger partial charge >= 0.3 is 5.97 Å². The van der Waals surface area contributed by atoms with Crippen LogP contribution in [0.4, 0.5) is 0 Å². The predicted octanol–water partition coefficient (Wildman–Crippen LogP) is 3.26. The van der Waals surface area contributed by atoms with E-state index in [9.17, 15) is 4.79 Å². The van der Waals surface area contributed by atoms with Gasteiger partial charge < -0.3 is 9.47 Å². The van der Waals surface area contributed by atoms with Gasteiger partial charge in [-0.3, -0.25) is 0 Å². The number of halogens is 1. The molecule has 0 radical (unpaired) electrons. The summed E-state index contributed by atoms with van der Waals surface area (Å²) in [5.41, 5.74) is 1.00. The van der Waals surface area contributed by atoms with Crippen LogP contribution in [0.25, 0.3) is 6.08 Å². The number of aliphatic imine (C=N–C) groups is 1. The number of aromatic nitrogens is 1. The fraction of sp³-hybridized carbons (Fsp3) is 0.0714. The van der Waals surface area contributed by atoms with Crippen molar-refractivity contribution in [3.8, 4) is 5.88 Å². The smallest absolute Gasteiger partial charge is 0.363 e. The number of hydrogen-bond donors (Lipinski definition) is 0. The number of esters is 1. The average Bonchev–Trinajstić information content (AvgIpc) is 3.07. The number of carbonyl (C=O) groups is 1. The quantitative estimate of drug-likeness (QED) is 0.619. The highest BCUT2D eigenvalue weighted by Crippen LogP contribution is 2.26. The number of thiophene rings is 1. The normalized spacial score (nSPS) is 16.0. The second kappa shape index (κ2) is 5.79. The van der Waals surface area contributed by atoms with Crippen molar-refractivity contribution in [1.29, 1.82) is 0 Å². The number of rotatable bonds is 3. The van der Waals surface area contributed by atoms with Crippen LogP contribution in [-0.2, 0) is 9.53 Å². The number of pyridine rings is 1. The van der Waals surface area contributed by atoms with E-state index >= 15 is 0 Å². The van der Waals surface area contributed by atoms with Gasteiger partial charge in [-0.05, 0) is 45.8 Å². The molecule has 7 heteroatoms. The minimum Gasteiger partial charge on any atom is -0.481 e. The second-order valence-electron chi connectivity index (χ2n) is 4.07. The number of methoxy groups -OCH3 is 1. The highest BCUT2D eigenvalue weighted by Gasteiger charge is 2.25. The molecule has 0 saturated heterocycles. The molecule has 0 amide bonds. The largest absolute Gasteiger partial charge is 0.481 e. The first-order valence-corrected chi connectivity index (χ1v) is 7.55. The third kappa shape index (κ3) is 3.03. The molecule has 2 aromatic heterocycles. The number of carbonyl (C=O) groups excluding carboxylic acids is 1. The van der Waals surface area contributed by atoms with Crippen molar-refractivity contribution in [1.82, 2.24) is 4.98 Å². The molecule has 0 unspecified atom stereocenters. The molecular weight excluding hydrogens is 356 g/mol. The summed E-state index contributed by atoms with van der Waals surface area (Å²) in [6.45, 7) is 0. The van der Waals surface area contributed by atoms with Crippen molar-refractivity contribution in [2.45, 2.75) is 0 Å². The van der Waals surface area contributed by atoms with E-state index in [1.165, 1.54) is 11.3 Å². The summed E-state index contributed by atoms with van der Waals surface area (Å²) in [5, 5.41) is 0. The highest BCUT2D eigenvalue weighted by molar-refractivity contribution is 9.11. The summed E-state index contributed by atoms with van der Waals surface area (Å²) in [7, 11) is 1.55. The molecule has 5 nitrogen and oxygen atoms in total. The fourth-order valence-electron chi connectivity index (χ4n) is 1.70. The molecular formula is C14H9BrN2O3S. The summed E-state index contributed by atoms with van der Waals surface area (Å²) >= 11 is 4.82. The van der Waals surface area contributed by atoms with Crippen LogP contribution >= 0.6 is 27.3 Å². The molecule has 21 heavy (non-hydrogen) atoms. The Morgan fingerprint density at radius 3 is 2.81 bits per heavy atom. The van der Waals surface area contributed by atoms with Gasteiger partial charge in [0.1, 0.15) is 0 Å². The van der Waals surface area contributed by atoms with E-state index in [1.54, 1.807) is 31.5 Å². The minimum absolute atomic E-state index is 0.251. The lowest BCUT2D eigenvalue weighted by molar-refractivity contribution is -0.129. The molecule has 2 aromatic rings. The van der Waals surface area contributed by atoms with E-state index in [2.05, 4.69) is 25.9 Å². The Bertz CT molecular complexity index is 750. The molecule has 106 valence electrons. The Labute approximate surface area is 133 Å². The lowest BCUT2D eigenvalue weighted by atomic mass is 10.2. The first-order chi connectivity index (χ1) is 10.2. The molecule has 0 atom stereocenters. The molecule has 1 aliphatic rings. The van der Waals surface area contributed by atoms with Gasteiger partial charge in [-0.15, -0.1) is 11.3 Å². The summed E-state index contributed by atoms with van der Waals surface area (Å²) in [4.78, 5) is 20.9. The Morgan fingerprint density at radius 1 is 1.33 bits per heavy atom. The number of nitrogens with zero attached hydrogens (tertiary/aromatic N) is 2. The van der Waals surface area contributed by atoms with Gasteiger partial charge in [0.2, 0.25) is 11.8 Å². The number of ether oxygens (including phenoxy) is 2. The average molecular weight is 365 g/mol. The van der Waals surface area contributed by atoms with Crippen LogP contribution in [0.3, 0.4) is 0 Å². The third-order valence-corrected chi connectivity index (χ3v) is 4.29. The molecule has 3 rings (SSSR count). The number of cyclic esters (lactones) is 1. The van der Waals surface area contributed by atoms with E-state index in [-0.39, 0.29) is 5.70 Å². The van der Waals surface area contributed by atoms with Crippen LogP contribution in [0.2, 0.25) is 0 Å². The molecule has 0 bridgehead atoms. The van der Waals surface area contributed by atoms with Crippen LogP contribution in [0, 0.1) is 0 Å². The molecule has 0 aliphatic carbocycles. The minimum atomic E-state index is -0.467. The molecule has 3 heterocycles. The van der Waals surface area contributed by atoms with Crippen molar-refractivity contribution < 1.29 is 14.3 Å². The second-order valence-corrected chi connectivity index (χ2v) is 6.54. The maximum Gasteiger partial charge on any atom is 0.363 e. The maximum atomic E-state index is 11.8. The molecule has 0 spiro atoms. The van der Waals surface area contributed by atoms with Crippen LogP contribution < -0.4 is 4.74 Å². The van der Waals surface area contributed by atoms with Crippen molar-refractivity contribution in [2.24, 2.45) is 4.99 Å². The van der Waals surface area contributed by atoms with E-state index in [0.29, 0.717) is 11.8 Å². The summed E-state index contributed by atoms with van der Waals surface area (Å²) in [5.74, 6) is 0.368. The zero-order chi connectivity index (χ0) is 14.8. The molecule has 0 fully saturated rings. The zero-order valence-electron chi connectivity index (χ0n) is 10.9. The van der Waals surface area contributed by atoms with Gasteiger partial charge in [-0.25, -0.2) is 14.8 Å². The predicted molar refractivity (Wildman–Crippen MR) is 83.4 cm³/mol. The zero-order valence-corrected chi connectivity index (χ0v) is 13.3. The van der Waals surface area contributed by atoms with Gasteiger partial charge in [0.15, 0.2) is 5.70 Å². The first-order valence-electron chi connectivity index (χ1n) is 5.94. The van der Waals surface area contributed by atoms with E-state index < -0.39 is 5.97 Å². The van der Waals surface area contributed by atoms with Crippen molar-refractivity contribution in [3.05, 3.63) is 50.4 Å². The van der Waals surface area contributed by atoms with Crippen LogP contribution in [-0.4, -0.2) is 24.0 Å². The summed E-state index contributed by atoms with van der Waals surface area (Å²) in [6, 6.07) is 7.24. The van der Waals surface area contributed by atoms with E-state index in [4.69, 9.17) is 9.47 Å². The summed E-state index contributed by atoms with van der Waals surface area (Å²) < 4.78 is 11.1. The van der Waals surface area contributed by atoms with Gasteiger partial charge in [-0.2, -0.15) is 0 Å². The monoisotopic (exact) mass is 364 g/mol. The van der Waals surface area contributed by atoms with Gasteiger partial charge in [0.25, 0.3) is 0 Å². The SMILES string of the molecule is COc1ccc(/C=C2/N=C(c3ccc(Br)s3)OC2=O)cn1. The van der Waals surface area contributed by atoms with Gasteiger partial charge in [-0.1, -0.05) is 0 Å². The third-order valence-electron chi connectivity index (χ3n) is 2.68. The van der Waals surface area contributed by atoms with E-state index in [0.717, 1.165) is 14.2 Å². The van der Waals surface area contributed by atoms with Crippen LogP contribution in [0.5, 0.6) is 5.88 Å². The number of hydrogen-bond acceptors (Lipinski definition) is 6. The molecule has 0 saturated carbocycles. The van der Waals surface area contributed by atoms with Gasteiger partial charge in [0, 0.05) is 12.3 Å². The van der Waals surface area contributed by atoms with Crippen molar-refractivity contribution in [2.75, 3.05) is 7.11 Å². The highest BCUT2D eigenvalue weighted by atomic mass is 79.9. The van der Waals surface area contributed by atoms with Crippen molar-refractivity contribution >= 4 is 45.2 Å². The first kappa shape index (κ1) is 14.0. The lowest BCUT2D eigenvalue weighted by Crippen LogP contribution is -2.03.